The lowest BCUT2D eigenvalue weighted by atomic mass is 9.92. The molecule has 1 aromatic carbocycles. The summed E-state index contributed by atoms with van der Waals surface area (Å²) < 4.78 is 5.20. The zero-order chi connectivity index (χ0) is 14.3. The van der Waals surface area contributed by atoms with Crippen molar-refractivity contribution in [3.63, 3.8) is 0 Å². The Kier molecular flexibility index (Phi) is 3.63. The van der Waals surface area contributed by atoms with Gasteiger partial charge in [0, 0.05) is 11.1 Å². The van der Waals surface area contributed by atoms with Crippen LogP contribution in [0, 0.1) is 0 Å². The zero-order valence-corrected chi connectivity index (χ0v) is 12.9. The van der Waals surface area contributed by atoms with Crippen LogP contribution in [0.2, 0.25) is 0 Å². The third-order valence-corrected chi connectivity index (χ3v) is 3.56. The van der Waals surface area contributed by atoms with Gasteiger partial charge in [-0.05, 0) is 58.7 Å². The van der Waals surface area contributed by atoms with Gasteiger partial charge in [0.05, 0.1) is 7.11 Å². The normalized spacial score (nSPS) is 23.6. The van der Waals surface area contributed by atoms with E-state index in [4.69, 9.17) is 9.57 Å². The molecule has 1 aliphatic rings. The van der Waals surface area contributed by atoms with E-state index in [-0.39, 0.29) is 17.2 Å². The first-order chi connectivity index (χ1) is 8.74. The molecule has 3 nitrogen and oxygen atoms in total. The van der Waals surface area contributed by atoms with Crippen LogP contribution in [0.25, 0.3) is 0 Å². The number of rotatable bonds is 2. The highest BCUT2D eigenvalue weighted by Gasteiger charge is 2.45. The lowest BCUT2D eigenvalue weighted by Crippen LogP contribution is -2.49. The van der Waals surface area contributed by atoms with Crippen molar-refractivity contribution in [2.75, 3.05) is 7.11 Å². The first-order valence-corrected chi connectivity index (χ1v) is 6.85. The third kappa shape index (κ3) is 2.93. The van der Waals surface area contributed by atoms with Crippen LogP contribution in [0.5, 0.6) is 5.75 Å². The van der Waals surface area contributed by atoms with Gasteiger partial charge in [0.15, 0.2) is 0 Å². The van der Waals surface area contributed by atoms with E-state index in [1.54, 1.807) is 7.11 Å². The van der Waals surface area contributed by atoms with E-state index in [0.717, 1.165) is 12.2 Å². The molecule has 1 atom stereocenters. The molecule has 19 heavy (non-hydrogen) atoms. The smallest absolute Gasteiger partial charge is 0.118 e. The predicted octanol–water partition coefficient (Wildman–Crippen LogP) is 3.95. The summed E-state index contributed by atoms with van der Waals surface area (Å²) >= 11 is 0. The quantitative estimate of drug-likeness (QED) is 0.806. The van der Waals surface area contributed by atoms with Crippen LogP contribution in [-0.2, 0) is 4.84 Å². The van der Waals surface area contributed by atoms with E-state index in [1.807, 2.05) is 12.1 Å². The van der Waals surface area contributed by atoms with Gasteiger partial charge < -0.3 is 4.74 Å². The van der Waals surface area contributed by atoms with Crippen LogP contribution in [-0.4, -0.2) is 23.3 Å². The Bertz CT molecular complexity index is 431. The number of ether oxygens (including phenoxy) is 1. The van der Waals surface area contributed by atoms with Crippen molar-refractivity contribution in [2.24, 2.45) is 0 Å². The Hall–Kier alpha value is -1.06. The molecule has 0 aromatic heterocycles. The Morgan fingerprint density at radius 3 is 2.21 bits per heavy atom. The van der Waals surface area contributed by atoms with E-state index < -0.39 is 0 Å². The van der Waals surface area contributed by atoms with Crippen LogP contribution in [0.3, 0.4) is 0 Å². The monoisotopic (exact) mass is 263 g/mol. The van der Waals surface area contributed by atoms with Crippen LogP contribution in [0.15, 0.2) is 24.3 Å². The van der Waals surface area contributed by atoms with E-state index in [1.165, 1.54) is 5.56 Å². The Labute approximate surface area is 116 Å². The first kappa shape index (κ1) is 14.4. The molecule has 2 rings (SSSR count). The Balaban J connectivity index is 2.19. The number of benzene rings is 1. The third-order valence-electron chi connectivity index (χ3n) is 3.56. The van der Waals surface area contributed by atoms with Crippen molar-refractivity contribution >= 4 is 0 Å². The molecular formula is C16H25NO2. The number of hydrogen-bond acceptors (Lipinski definition) is 3. The first-order valence-electron chi connectivity index (χ1n) is 6.85. The SMILES string of the molecule is COc1ccc(C2CC(C)(C)N(C(C)(C)C)O2)cc1. The summed E-state index contributed by atoms with van der Waals surface area (Å²) in [4.78, 5) is 6.19. The van der Waals surface area contributed by atoms with Crippen molar-refractivity contribution < 1.29 is 9.57 Å². The van der Waals surface area contributed by atoms with Gasteiger partial charge in [-0.1, -0.05) is 12.1 Å². The number of nitrogens with zero attached hydrogens (tertiary/aromatic N) is 1. The minimum Gasteiger partial charge on any atom is -0.497 e. The standard InChI is InChI=1S/C16H25NO2/c1-15(2,3)17-16(4,5)11-14(19-17)12-7-9-13(18-6)10-8-12/h7-10,14H,11H2,1-6H3. The summed E-state index contributed by atoms with van der Waals surface area (Å²) in [5.41, 5.74) is 1.26. The highest BCUT2D eigenvalue weighted by molar-refractivity contribution is 5.29. The van der Waals surface area contributed by atoms with Crippen LogP contribution >= 0.6 is 0 Å². The van der Waals surface area contributed by atoms with E-state index in [9.17, 15) is 0 Å². The van der Waals surface area contributed by atoms with Crippen molar-refractivity contribution in [1.29, 1.82) is 0 Å². The summed E-state index contributed by atoms with van der Waals surface area (Å²) in [5.74, 6) is 0.883. The van der Waals surface area contributed by atoms with E-state index in [0.29, 0.717) is 0 Å². The van der Waals surface area contributed by atoms with E-state index >= 15 is 0 Å². The average Bonchev–Trinajstić information content (AvgIpc) is 2.65. The van der Waals surface area contributed by atoms with Gasteiger partial charge in [-0.2, -0.15) is 5.06 Å². The lowest BCUT2D eigenvalue weighted by molar-refractivity contribution is -0.231. The molecule has 106 valence electrons. The van der Waals surface area contributed by atoms with Gasteiger partial charge in [0.2, 0.25) is 0 Å². The van der Waals surface area contributed by atoms with Crippen LogP contribution in [0.1, 0.15) is 52.7 Å². The number of methoxy groups -OCH3 is 1. The average molecular weight is 263 g/mol. The second-order valence-electron chi connectivity index (χ2n) is 6.85. The summed E-state index contributed by atoms with van der Waals surface area (Å²) in [6, 6.07) is 8.16. The van der Waals surface area contributed by atoms with Gasteiger partial charge in [0.25, 0.3) is 0 Å². The number of hydroxylamine groups is 2. The Morgan fingerprint density at radius 1 is 1.21 bits per heavy atom. The fourth-order valence-corrected chi connectivity index (χ4v) is 2.91. The zero-order valence-electron chi connectivity index (χ0n) is 12.9. The molecule has 1 unspecified atom stereocenters. The summed E-state index contributed by atoms with van der Waals surface area (Å²) in [5, 5.41) is 2.13. The molecule has 1 aliphatic heterocycles. The molecular weight excluding hydrogens is 238 g/mol. The Morgan fingerprint density at radius 2 is 1.79 bits per heavy atom. The molecule has 1 heterocycles. The molecule has 1 saturated heterocycles. The van der Waals surface area contributed by atoms with Crippen LogP contribution < -0.4 is 4.74 Å². The molecule has 0 bridgehead atoms. The predicted molar refractivity (Wildman–Crippen MR) is 77.1 cm³/mol. The van der Waals surface area contributed by atoms with Gasteiger partial charge in [0.1, 0.15) is 11.9 Å². The fourth-order valence-electron chi connectivity index (χ4n) is 2.91. The second-order valence-corrected chi connectivity index (χ2v) is 6.85. The topological polar surface area (TPSA) is 21.7 Å². The summed E-state index contributed by atoms with van der Waals surface area (Å²) in [6.07, 6.45) is 1.12. The van der Waals surface area contributed by atoms with Crippen molar-refractivity contribution in [3.8, 4) is 5.75 Å². The fraction of sp³-hybridized carbons (Fsp3) is 0.625. The van der Waals surface area contributed by atoms with Crippen molar-refractivity contribution in [1.82, 2.24) is 5.06 Å². The lowest BCUT2D eigenvalue weighted by Gasteiger charge is -2.39. The highest BCUT2D eigenvalue weighted by Crippen LogP contribution is 2.43. The highest BCUT2D eigenvalue weighted by atomic mass is 16.7. The summed E-state index contributed by atoms with van der Waals surface area (Å²) in [7, 11) is 1.69. The van der Waals surface area contributed by atoms with Gasteiger partial charge in [-0.25, -0.2) is 0 Å². The maximum Gasteiger partial charge on any atom is 0.118 e. The molecule has 0 aliphatic carbocycles. The number of hydrogen-bond donors (Lipinski definition) is 0. The second kappa shape index (κ2) is 4.80. The molecule has 0 spiro atoms. The van der Waals surface area contributed by atoms with Crippen molar-refractivity contribution in [2.45, 2.75) is 58.2 Å². The summed E-state index contributed by atoms with van der Waals surface area (Å²) in [6.45, 7) is 11.0. The molecule has 3 heteroatoms. The maximum atomic E-state index is 6.19. The van der Waals surface area contributed by atoms with Crippen molar-refractivity contribution in [3.05, 3.63) is 29.8 Å². The molecule has 1 aromatic rings. The maximum absolute atomic E-state index is 6.19. The van der Waals surface area contributed by atoms with Gasteiger partial charge >= 0.3 is 0 Å². The minimum absolute atomic E-state index is 0.00468. The van der Waals surface area contributed by atoms with Crippen LogP contribution in [0.4, 0.5) is 0 Å². The van der Waals surface area contributed by atoms with Gasteiger partial charge in [-0.15, -0.1) is 0 Å². The molecule has 0 radical (unpaired) electrons. The molecule has 0 saturated carbocycles. The van der Waals surface area contributed by atoms with E-state index in [2.05, 4.69) is 51.8 Å². The molecule has 0 amide bonds. The van der Waals surface area contributed by atoms with Gasteiger partial charge in [-0.3, -0.25) is 4.84 Å². The largest absolute Gasteiger partial charge is 0.497 e. The molecule has 0 N–H and O–H groups in total. The minimum atomic E-state index is 0.00468. The molecule has 1 fully saturated rings.